The topological polar surface area (TPSA) is 194 Å². The predicted octanol–water partition coefficient (Wildman–Crippen LogP) is 0.318. The standard InChI is InChI=1S/2C18H31N3O5.Al.Li.4H/c2*1-8-9-18(12-20-14(23)25-16(2,3)4)13(22)19-10-11-21(18)15(24)26-17(5,6)7;;;;;;/h2*8H,1,9-12H2,2-7H3,(H,19,22)(H,20,23);;;;;;/q;;;+1;;;;-1/t2*18-;;;;;;/m11....../s1. The summed E-state index contributed by atoms with van der Waals surface area (Å²) in [7, 11) is 0. The van der Waals surface area contributed by atoms with E-state index < -0.39 is 57.9 Å². The van der Waals surface area contributed by atoms with Crippen molar-refractivity contribution in [3.05, 3.63) is 25.3 Å². The molecule has 0 bridgehead atoms. The van der Waals surface area contributed by atoms with Crippen LogP contribution in [0.1, 0.15) is 97.4 Å². The molecule has 0 aromatic rings. The maximum Gasteiger partial charge on any atom is 1.00 e. The Hall–Kier alpha value is -3.37. The minimum absolute atomic E-state index is 0. The molecule has 304 valence electrons. The third-order valence-electron chi connectivity index (χ3n) is 7.16. The molecule has 2 fully saturated rings. The van der Waals surface area contributed by atoms with Crippen molar-refractivity contribution in [1.82, 2.24) is 31.1 Å². The summed E-state index contributed by atoms with van der Waals surface area (Å²) < 4.78 is 21.3. The van der Waals surface area contributed by atoms with Crippen LogP contribution in [-0.4, -0.2) is 136 Å². The molecule has 0 aliphatic carbocycles. The number of nitrogens with zero attached hydrogens (tertiary/aromatic N) is 2. The molecule has 2 rings (SSSR count). The van der Waals surface area contributed by atoms with E-state index in [1.54, 1.807) is 95.2 Å². The molecule has 4 N–H and O–H groups in total. The molecule has 16 nitrogen and oxygen atoms in total. The van der Waals surface area contributed by atoms with Crippen LogP contribution in [-0.2, 0) is 28.5 Å². The molecular weight excluding hydrogens is 710 g/mol. The van der Waals surface area contributed by atoms with Gasteiger partial charge in [0.15, 0.2) is 17.4 Å². The van der Waals surface area contributed by atoms with Crippen LogP contribution in [0.25, 0.3) is 0 Å². The van der Waals surface area contributed by atoms with Crippen LogP contribution >= 0.6 is 0 Å². The fourth-order valence-electron chi connectivity index (χ4n) is 5.18. The zero-order valence-electron chi connectivity index (χ0n) is 35.2. The average Bonchev–Trinajstić information content (AvgIpc) is 2.94. The Morgan fingerprint density at radius 3 is 1.17 bits per heavy atom. The fraction of sp³-hybridized carbons (Fsp3) is 0.722. The molecule has 2 atom stereocenters. The van der Waals surface area contributed by atoms with Crippen LogP contribution < -0.4 is 40.1 Å². The molecular formula is C36H66AlLiN6O10. The Bertz CT molecular complexity index is 1250. The average molecular weight is 777 g/mol. The van der Waals surface area contributed by atoms with E-state index in [-0.39, 0.29) is 88.5 Å². The number of carbonyl (C=O) groups is 6. The first kappa shape index (κ1) is 52.7. The van der Waals surface area contributed by atoms with Crippen molar-refractivity contribution in [2.75, 3.05) is 39.3 Å². The second-order valence-corrected chi connectivity index (χ2v) is 16.5. The van der Waals surface area contributed by atoms with Gasteiger partial charge < -0.3 is 41.6 Å². The van der Waals surface area contributed by atoms with Crippen LogP contribution in [0.2, 0.25) is 0 Å². The van der Waals surface area contributed by atoms with E-state index in [1.165, 1.54) is 9.80 Å². The van der Waals surface area contributed by atoms with E-state index in [4.69, 9.17) is 18.9 Å². The third kappa shape index (κ3) is 17.0. The minimum atomic E-state index is -1.32. The van der Waals surface area contributed by atoms with Crippen LogP contribution in [0.15, 0.2) is 25.3 Å². The van der Waals surface area contributed by atoms with E-state index in [0.717, 1.165) is 0 Å². The Kier molecular flexibility index (Phi) is 20.6. The van der Waals surface area contributed by atoms with Gasteiger partial charge >= 0.3 is 43.2 Å². The number of alkyl carbamates (subject to hydrolysis) is 2. The van der Waals surface area contributed by atoms with Gasteiger partial charge in [0.05, 0.1) is 13.1 Å². The number of amides is 6. The third-order valence-corrected chi connectivity index (χ3v) is 7.16. The second-order valence-electron chi connectivity index (χ2n) is 16.5. The van der Waals surface area contributed by atoms with Gasteiger partial charge in [-0.15, -0.1) is 13.2 Å². The van der Waals surface area contributed by atoms with Gasteiger partial charge in [0.25, 0.3) is 0 Å². The number of hydrogen-bond acceptors (Lipinski definition) is 10. The number of nitrogens with one attached hydrogen (secondary N) is 4. The molecule has 18 heteroatoms. The number of carbonyl (C=O) groups excluding carboxylic acids is 6. The maximum atomic E-state index is 12.7. The quantitative estimate of drug-likeness (QED) is 0.152. The van der Waals surface area contributed by atoms with Crippen LogP contribution in [0.5, 0.6) is 0 Å². The summed E-state index contributed by atoms with van der Waals surface area (Å²) >= 11 is 0. The normalized spacial score (nSPS) is 20.1. The van der Waals surface area contributed by atoms with E-state index in [0.29, 0.717) is 13.1 Å². The van der Waals surface area contributed by atoms with Crippen molar-refractivity contribution in [3.8, 4) is 0 Å². The van der Waals surface area contributed by atoms with Crippen molar-refractivity contribution < 1.29 is 68.0 Å². The summed E-state index contributed by atoms with van der Waals surface area (Å²) in [6, 6.07) is 0. The summed E-state index contributed by atoms with van der Waals surface area (Å²) in [5.41, 5.74) is -5.39. The summed E-state index contributed by atoms with van der Waals surface area (Å²) in [4.78, 5) is 77.5. The van der Waals surface area contributed by atoms with Crippen molar-refractivity contribution in [1.29, 1.82) is 0 Å². The Morgan fingerprint density at radius 1 is 0.648 bits per heavy atom. The number of ether oxygens (including phenoxy) is 4. The summed E-state index contributed by atoms with van der Waals surface area (Å²) in [5, 5.41) is 10.7. The molecule has 0 radical (unpaired) electrons. The molecule has 2 aliphatic rings. The summed E-state index contributed by atoms with van der Waals surface area (Å²) in [5.74, 6) is -0.740. The van der Waals surface area contributed by atoms with E-state index >= 15 is 0 Å². The van der Waals surface area contributed by atoms with Gasteiger partial charge in [0, 0.05) is 26.2 Å². The molecule has 0 spiro atoms. The van der Waals surface area contributed by atoms with Crippen molar-refractivity contribution in [2.45, 2.75) is 129 Å². The molecule has 0 aromatic carbocycles. The Labute approximate surface area is 345 Å². The van der Waals surface area contributed by atoms with E-state index in [9.17, 15) is 28.8 Å². The van der Waals surface area contributed by atoms with Gasteiger partial charge in [-0.1, -0.05) is 12.2 Å². The largest absolute Gasteiger partial charge is 1.00 e. The molecule has 2 saturated heterocycles. The Morgan fingerprint density at radius 2 is 0.926 bits per heavy atom. The molecule has 0 unspecified atom stereocenters. The number of hydrogen-bond donors (Lipinski definition) is 4. The van der Waals surface area contributed by atoms with Crippen LogP contribution in [0.3, 0.4) is 0 Å². The fourth-order valence-corrected chi connectivity index (χ4v) is 5.18. The molecule has 2 heterocycles. The maximum absolute atomic E-state index is 12.7. The first-order chi connectivity index (χ1) is 23.6. The van der Waals surface area contributed by atoms with E-state index in [2.05, 4.69) is 34.4 Å². The van der Waals surface area contributed by atoms with Gasteiger partial charge in [-0.2, -0.15) is 0 Å². The summed E-state index contributed by atoms with van der Waals surface area (Å²) in [6.45, 7) is 29.3. The second kappa shape index (κ2) is 21.1. The van der Waals surface area contributed by atoms with Crippen molar-refractivity contribution in [3.63, 3.8) is 0 Å². The van der Waals surface area contributed by atoms with Gasteiger partial charge in [0.1, 0.15) is 33.5 Å². The monoisotopic (exact) mass is 776 g/mol. The smallest absolute Gasteiger partial charge is 1.00 e. The number of rotatable bonds is 8. The van der Waals surface area contributed by atoms with Gasteiger partial charge in [-0.3, -0.25) is 19.4 Å². The van der Waals surface area contributed by atoms with Crippen molar-refractivity contribution in [2.24, 2.45) is 0 Å². The summed E-state index contributed by atoms with van der Waals surface area (Å²) in [6.07, 6.45) is 0.854. The zero-order chi connectivity index (χ0) is 40.3. The first-order valence-electron chi connectivity index (χ1n) is 17.3. The zero-order valence-corrected chi connectivity index (χ0v) is 34.2. The van der Waals surface area contributed by atoms with Gasteiger partial charge in [-0.25, -0.2) is 19.2 Å². The minimum Gasteiger partial charge on any atom is -1.00 e. The van der Waals surface area contributed by atoms with Gasteiger partial charge in [-0.05, 0) is 95.9 Å². The van der Waals surface area contributed by atoms with E-state index in [1.807, 2.05) is 0 Å². The predicted molar refractivity (Wildman–Crippen MR) is 207 cm³/mol. The number of piperazine rings is 2. The molecule has 2 aliphatic heterocycles. The van der Waals surface area contributed by atoms with Crippen LogP contribution in [0.4, 0.5) is 19.2 Å². The van der Waals surface area contributed by atoms with Crippen LogP contribution in [0, 0.1) is 0 Å². The molecule has 0 saturated carbocycles. The molecule has 0 aromatic heterocycles. The van der Waals surface area contributed by atoms with Crippen molar-refractivity contribution >= 4 is 53.5 Å². The SMILES string of the molecule is C=CC[C@@]1(CNC(=O)OC(C)(C)C)C(=O)NCCN1C(=O)OC(C)(C)C.C=CC[C@@]1(CNC(=O)OC(C)(C)C)C(=O)NCCN1C(=O)OC(C)(C)C.[AlH3].[H-].[Li+]. The molecule has 6 amide bonds. The molecule has 54 heavy (non-hydrogen) atoms. The first-order valence-corrected chi connectivity index (χ1v) is 17.3. The van der Waals surface area contributed by atoms with Gasteiger partial charge in [0.2, 0.25) is 11.8 Å². The Balaban J connectivity index is -0.000000932.